The molecule has 33 heavy (non-hydrogen) atoms. The van der Waals surface area contributed by atoms with Crippen LogP contribution in [0.2, 0.25) is 5.02 Å². The molecule has 168 valence electrons. The quantitative estimate of drug-likeness (QED) is 0.470. The summed E-state index contributed by atoms with van der Waals surface area (Å²) >= 11 is 6.01. The first-order valence-electron chi connectivity index (χ1n) is 10.7. The minimum atomic E-state index is -0.294. The summed E-state index contributed by atoms with van der Waals surface area (Å²) in [5.74, 6) is 0.485. The number of ether oxygens (including phenoxy) is 1. The van der Waals surface area contributed by atoms with E-state index in [4.69, 9.17) is 16.3 Å². The van der Waals surface area contributed by atoms with E-state index in [0.29, 0.717) is 22.1 Å². The van der Waals surface area contributed by atoms with Crippen molar-refractivity contribution in [2.75, 3.05) is 43.5 Å². The Bertz CT molecular complexity index is 1300. The maximum Gasteiger partial charge on any atom is 0.274 e. The zero-order valence-corrected chi connectivity index (χ0v) is 18.8. The fraction of sp³-hybridized carbons (Fsp3) is 0.208. The molecular formula is C24H23ClN6O2. The van der Waals surface area contributed by atoms with Crippen molar-refractivity contribution in [3.05, 3.63) is 71.6 Å². The summed E-state index contributed by atoms with van der Waals surface area (Å²) in [6.45, 7) is 3.57. The number of aromatic nitrogens is 3. The molecule has 0 saturated carbocycles. The molecule has 4 aromatic rings. The molecule has 0 bridgehead atoms. The second-order valence-corrected chi connectivity index (χ2v) is 8.16. The van der Waals surface area contributed by atoms with Gasteiger partial charge in [0.05, 0.1) is 19.0 Å². The van der Waals surface area contributed by atoms with Gasteiger partial charge in [0.15, 0.2) is 5.65 Å². The van der Waals surface area contributed by atoms with Gasteiger partial charge in [-0.05, 0) is 42.0 Å². The van der Waals surface area contributed by atoms with Gasteiger partial charge in [-0.2, -0.15) is 5.10 Å². The Balaban J connectivity index is 1.42. The summed E-state index contributed by atoms with van der Waals surface area (Å²) < 4.78 is 7.19. The maximum absolute atomic E-state index is 13.0. The largest absolute Gasteiger partial charge is 0.495 e. The SMILES string of the molecule is COc1ccc(NC(=O)c2ccn3ncc(-c4ccc(Cl)cc4)c3n2)cc1N1CCNCC1. The highest BCUT2D eigenvalue weighted by Gasteiger charge is 2.17. The molecule has 3 heterocycles. The molecule has 8 nitrogen and oxygen atoms in total. The molecule has 1 amide bonds. The summed E-state index contributed by atoms with van der Waals surface area (Å²) in [5.41, 5.74) is 4.30. The van der Waals surface area contributed by atoms with Crippen LogP contribution in [-0.4, -0.2) is 53.8 Å². The lowest BCUT2D eigenvalue weighted by Crippen LogP contribution is -2.43. The minimum Gasteiger partial charge on any atom is -0.495 e. The number of piperazine rings is 1. The van der Waals surface area contributed by atoms with Gasteiger partial charge in [-0.1, -0.05) is 23.7 Å². The Morgan fingerprint density at radius 3 is 2.67 bits per heavy atom. The van der Waals surface area contributed by atoms with Crippen LogP contribution in [0, 0.1) is 0 Å². The molecule has 0 atom stereocenters. The zero-order chi connectivity index (χ0) is 22.8. The molecule has 0 unspecified atom stereocenters. The van der Waals surface area contributed by atoms with E-state index in [-0.39, 0.29) is 5.91 Å². The normalized spacial score (nSPS) is 13.8. The van der Waals surface area contributed by atoms with Gasteiger partial charge >= 0.3 is 0 Å². The van der Waals surface area contributed by atoms with Crippen molar-refractivity contribution in [2.45, 2.75) is 0 Å². The number of anilines is 2. The number of amides is 1. The topological polar surface area (TPSA) is 83.8 Å². The number of hydrogen-bond donors (Lipinski definition) is 2. The number of rotatable bonds is 5. The van der Waals surface area contributed by atoms with Crippen molar-refractivity contribution in [2.24, 2.45) is 0 Å². The third-order valence-electron chi connectivity index (χ3n) is 5.65. The van der Waals surface area contributed by atoms with Crippen molar-refractivity contribution in [1.29, 1.82) is 0 Å². The van der Waals surface area contributed by atoms with Crippen LogP contribution in [-0.2, 0) is 0 Å². The van der Waals surface area contributed by atoms with Crippen LogP contribution in [0.3, 0.4) is 0 Å². The number of nitrogens with zero attached hydrogens (tertiary/aromatic N) is 4. The summed E-state index contributed by atoms with van der Waals surface area (Å²) in [6, 6.07) is 14.7. The first-order valence-corrected chi connectivity index (χ1v) is 11.1. The molecular weight excluding hydrogens is 440 g/mol. The van der Waals surface area contributed by atoms with Gasteiger partial charge in [-0.15, -0.1) is 0 Å². The van der Waals surface area contributed by atoms with Crippen LogP contribution >= 0.6 is 11.6 Å². The average Bonchev–Trinajstić information content (AvgIpc) is 3.28. The lowest BCUT2D eigenvalue weighted by molar-refractivity contribution is 0.102. The Labute approximate surface area is 196 Å². The van der Waals surface area contributed by atoms with E-state index in [1.807, 2.05) is 42.5 Å². The van der Waals surface area contributed by atoms with E-state index in [1.165, 1.54) is 0 Å². The highest BCUT2D eigenvalue weighted by Crippen LogP contribution is 2.32. The lowest BCUT2D eigenvalue weighted by atomic mass is 10.1. The molecule has 5 rings (SSSR count). The smallest absolute Gasteiger partial charge is 0.274 e. The first-order chi connectivity index (χ1) is 16.1. The fourth-order valence-electron chi connectivity index (χ4n) is 3.94. The Hall–Kier alpha value is -3.62. The second-order valence-electron chi connectivity index (χ2n) is 7.72. The van der Waals surface area contributed by atoms with Gasteiger partial charge in [-0.25, -0.2) is 9.50 Å². The van der Waals surface area contributed by atoms with Gasteiger partial charge in [0.25, 0.3) is 5.91 Å². The summed E-state index contributed by atoms with van der Waals surface area (Å²) in [4.78, 5) is 19.9. The number of benzene rings is 2. The number of halogens is 1. The average molecular weight is 463 g/mol. The molecule has 1 saturated heterocycles. The van der Waals surface area contributed by atoms with Crippen LogP contribution in [0.1, 0.15) is 10.5 Å². The summed E-state index contributed by atoms with van der Waals surface area (Å²) in [7, 11) is 1.66. The predicted molar refractivity (Wildman–Crippen MR) is 129 cm³/mol. The Morgan fingerprint density at radius 1 is 1.12 bits per heavy atom. The number of carbonyl (C=O) groups excluding carboxylic acids is 1. The maximum atomic E-state index is 13.0. The third kappa shape index (κ3) is 4.35. The van der Waals surface area contributed by atoms with E-state index in [9.17, 15) is 4.79 Å². The second kappa shape index (κ2) is 9.09. The number of fused-ring (bicyclic) bond motifs is 1. The van der Waals surface area contributed by atoms with E-state index in [2.05, 4.69) is 25.6 Å². The van der Waals surface area contributed by atoms with Crippen LogP contribution in [0.4, 0.5) is 11.4 Å². The predicted octanol–water partition coefficient (Wildman–Crippen LogP) is 3.72. The third-order valence-corrected chi connectivity index (χ3v) is 5.90. The van der Waals surface area contributed by atoms with Crippen molar-refractivity contribution in [3.8, 4) is 16.9 Å². The first kappa shape index (κ1) is 21.2. The minimum absolute atomic E-state index is 0.294. The van der Waals surface area contributed by atoms with Gasteiger partial charge in [0, 0.05) is 48.6 Å². The summed E-state index contributed by atoms with van der Waals surface area (Å²) in [6.07, 6.45) is 3.47. The van der Waals surface area contributed by atoms with Gasteiger partial charge in [-0.3, -0.25) is 4.79 Å². The van der Waals surface area contributed by atoms with Gasteiger partial charge in [0.2, 0.25) is 0 Å². The van der Waals surface area contributed by atoms with E-state index < -0.39 is 0 Å². The van der Waals surface area contributed by atoms with Crippen LogP contribution in [0.25, 0.3) is 16.8 Å². The monoisotopic (exact) mass is 462 g/mol. The molecule has 0 spiro atoms. The van der Waals surface area contributed by atoms with Crippen LogP contribution < -0.4 is 20.3 Å². The highest BCUT2D eigenvalue weighted by molar-refractivity contribution is 6.30. The van der Waals surface area contributed by atoms with Crippen molar-refractivity contribution in [3.63, 3.8) is 0 Å². The molecule has 0 radical (unpaired) electrons. The Kier molecular flexibility index (Phi) is 5.85. The summed E-state index contributed by atoms with van der Waals surface area (Å²) in [5, 5.41) is 11.3. The molecule has 2 N–H and O–H groups in total. The highest BCUT2D eigenvalue weighted by atomic mass is 35.5. The molecule has 1 fully saturated rings. The van der Waals surface area contributed by atoms with Crippen LogP contribution in [0.15, 0.2) is 60.9 Å². The Morgan fingerprint density at radius 2 is 1.91 bits per heavy atom. The molecule has 2 aromatic heterocycles. The van der Waals surface area contributed by atoms with E-state index in [1.54, 1.807) is 30.1 Å². The van der Waals surface area contributed by atoms with E-state index in [0.717, 1.165) is 48.7 Å². The molecule has 9 heteroatoms. The van der Waals surface area contributed by atoms with Crippen molar-refractivity contribution >= 4 is 34.5 Å². The number of methoxy groups -OCH3 is 1. The number of carbonyl (C=O) groups is 1. The number of nitrogens with one attached hydrogen (secondary N) is 2. The van der Waals surface area contributed by atoms with E-state index >= 15 is 0 Å². The number of hydrogen-bond acceptors (Lipinski definition) is 6. The van der Waals surface area contributed by atoms with Crippen molar-refractivity contribution in [1.82, 2.24) is 19.9 Å². The fourth-order valence-corrected chi connectivity index (χ4v) is 4.07. The van der Waals surface area contributed by atoms with Gasteiger partial charge in [0.1, 0.15) is 11.4 Å². The van der Waals surface area contributed by atoms with Gasteiger partial charge < -0.3 is 20.3 Å². The molecule has 1 aliphatic heterocycles. The standard InChI is InChI=1S/C24H23ClN6O2/c1-33-22-7-6-18(14-21(22)30-12-9-26-10-13-30)28-24(32)20-8-11-31-23(29-20)19(15-27-31)16-2-4-17(25)5-3-16/h2-8,11,14-15,26H,9-10,12-13H2,1H3,(H,28,32). The molecule has 1 aliphatic rings. The molecule has 0 aliphatic carbocycles. The van der Waals surface area contributed by atoms with Crippen molar-refractivity contribution < 1.29 is 9.53 Å². The van der Waals surface area contributed by atoms with Crippen LogP contribution in [0.5, 0.6) is 5.75 Å². The lowest BCUT2D eigenvalue weighted by Gasteiger charge is -2.30. The zero-order valence-electron chi connectivity index (χ0n) is 18.1. The molecule has 2 aromatic carbocycles.